The average Bonchev–Trinajstić information content (AvgIpc) is 3.01. The van der Waals surface area contributed by atoms with Gasteiger partial charge in [-0.25, -0.2) is 9.97 Å². The third-order valence-electron chi connectivity index (χ3n) is 3.57. The van der Waals surface area contributed by atoms with Gasteiger partial charge in [-0.05, 0) is 18.2 Å². The molecule has 114 valence electrons. The maximum Gasteiger partial charge on any atom is 0.417 e. The summed E-state index contributed by atoms with van der Waals surface area (Å²) in [5, 5.41) is 7.52. The smallest absolute Gasteiger partial charge is 0.278 e. The predicted molar refractivity (Wildman–Crippen MR) is 77.4 cm³/mol. The van der Waals surface area contributed by atoms with Crippen molar-refractivity contribution in [2.75, 3.05) is 0 Å². The molecule has 0 aliphatic heterocycles. The lowest BCUT2D eigenvalue weighted by molar-refractivity contribution is -0.137. The summed E-state index contributed by atoms with van der Waals surface area (Å²) in [6.07, 6.45) is 1.23. The summed E-state index contributed by atoms with van der Waals surface area (Å²) < 4.78 is 40.2. The highest BCUT2D eigenvalue weighted by Crippen LogP contribution is 2.40. The van der Waals surface area contributed by atoms with Crippen LogP contribution in [0.1, 0.15) is 5.56 Å². The first kappa shape index (κ1) is 13.6. The fourth-order valence-corrected chi connectivity index (χ4v) is 2.54. The van der Waals surface area contributed by atoms with Crippen molar-refractivity contribution >= 4 is 21.8 Å². The molecule has 23 heavy (non-hydrogen) atoms. The number of aromatic nitrogens is 5. The van der Waals surface area contributed by atoms with Crippen LogP contribution in [0.5, 0.6) is 0 Å². The highest BCUT2D eigenvalue weighted by Gasteiger charge is 2.35. The van der Waals surface area contributed by atoms with Crippen molar-refractivity contribution in [3.8, 4) is 11.3 Å². The Morgan fingerprint density at radius 3 is 2.70 bits per heavy atom. The summed E-state index contributed by atoms with van der Waals surface area (Å²) in [6.45, 7) is 0. The van der Waals surface area contributed by atoms with Gasteiger partial charge in [0.15, 0.2) is 0 Å². The SMILES string of the molecule is FC(F)(F)c1ccc2[nH]ncc2c1-c1cc2ncncc2cn1. The zero-order valence-corrected chi connectivity index (χ0v) is 11.5. The summed E-state index contributed by atoms with van der Waals surface area (Å²) >= 11 is 0. The number of hydrogen-bond donors (Lipinski definition) is 1. The van der Waals surface area contributed by atoms with E-state index < -0.39 is 11.7 Å². The molecule has 1 aromatic carbocycles. The number of halogens is 3. The molecule has 0 radical (unpaired) electrons. The Balaban J connectivity index is 2.07. The molecule has 8 heteroatoms. The zero-order chi connectivity index (χ0) is 16.0. The summed E-state index contributed by atoms with van der Waals surface area (Å²) in [5.41, 5.74) is 0.461. The van der Waals surface area contributed by atoms with Crippen molar-refractivity contribution in [1.82, 2.24) is 25.1 Å². The quantitative estimate of drug-likeness (QED) is 0.583. The highest BCUT2D eigenvalue weighted by molar-refractivity contribution is 5.97. The molecular weight excluding hydrogens is 307 g/mol. The maximum absolute atomic E-state index is 13.4. The van der Waals surface area contributed by atoms with Gasteiger partial charge >= 0.3 is 6.18 Å². The van der Waals surface area contributed by atoms with E-state index in [9.17, 15) is 13.2 Å². The normalized spacial score (nSPS) is 12.1. The van der Waals surface area contributed by atoms with Crippen LogP contribution in [-0.4, -0.2) is 25.1 Å². The number of pyridine rings is 1. The molecule has 0 aliphatic carbocycles. The van der Waals surface area contributed by atoms with Crippen molar-refractivity contribution in [2.24, 2.45) is 0 Å². The van der Waals surface area contributed by atoms with E-state index in [1.54, 1.807) is 6.20 Å². The van der Waals surface area contributed by atoms with Gasteiger partial charge in [0.1, 0.15) is 6.33 Å². The molecule has 0 fully saturated rings. The lowest BCUT2D eigenvalue weighted by Gasteiger charge is -2.13. The number of rotatable bonds is 1. The van der Waals surface area contributed by atoms with Gasteiger partial charge < -0.3 is 0 Å². The van der Waals surface area contributed by atoms with E-state index in [1.165, 1.54) is 30.9 Å². The van der Waals surface area contributed by atoms with Crippen molar-refractivity contribution < 1.29 is 13.2 Å². The standard InChI is InChI=1S/C15H8F3N5/c16-15(17,18)10-1-2-11-9(6-22-23-11)14(10)13-3-12-8(5-20-13)4-19-7-21-12/h1-7H,(H,22,23). The lowest BCUT2D eigenvalue weighted by Crippen LogP contribution is -2.08. The largest absolute Gasteiger partial charge is 0.417 e. The number of alkyl halides is 3. The number of benzene rings is 1. The summed E-state index contributed by atoms with van der Waals surface area (Å²) in [5.74, 6) is 0. The molecule has 0 saturated carbocycles. The van der Waals surface area contributed by atoms with Crippen molar-refractivity contribution in [1.29, 1.82) is 0 Å². The molecule has 0 atom stereocenters. The van der Waals surface area contributed by atoms with Crippen LogP contribution in [0, 0.1) is 0 Å². The number of aromatic amines is 1. The van der Waals surface area contributed by atoms with E-state index >= 15 is 0 Å². The Morgan fingerprint density at radius 1 is 1.00 bits per heavy atom. The van der Waals surface area contributed by atoms with Gasteiger partial charge in [-0.1, -0.05) is 0 Å². The number of H-pyrrole nitrogens is 1. The first-order valence-electron chi connectivity index (χ1n) is 6.63. The van der Waals surface area contributed by atoms with Crippen molar-refractivity contribution in [3.63, 3.8) is 0 Å². The summed E-state index contributed by atoms with van der Waals surface area (Å²) in [6, 6.07) is 3.91. The molecule has 0 amide bonds. The van der Waals surface area contributed by atoms with Gasteiger partial charge in [0.2, 0.25) is 0 Å². The number of nitrogens with one attached hydrogen (secondary N) is 1. The Bertz CT molecular complexity index is 1020. The Hall–Kier alpha value is -3.03. The van der Waals surface area contributed by atoms with Crippen molar-refractivity contribution in [2.45, 2.75) is 6.18 Å². The van der Waals surface area contributed by atoms with Crippen molar-refractivity contribution in [3.05, 3.63) is 48.7 Å². The Labute approximate surface area is 127 Å². The van der Waals surface area contributed by atoms with Crippen LogP contribution in [0.25, 0.3) is 33.1 Å². The molecule has 5 nitrogen and oxygen atoms in total. The Kier molecular flexibility index (Phi) is 2.80. The summed E-state index contributed by atoms with van der Waals surface area (Å²) in [4.78, 5) is 12.1. The maximum atomic E-state index is 13.4. The average molecular weight is 315 g/mol. The Morgan fingerprint density at radius 2 is 1.87 bits per heavy atom. The second kappa shape index (κ2) is 4.73. The fraction of sp³-hybridized carbons (Fsp3) is 0.0667. The highest BCUT2D eigenvalue weighted by atomic mass is 19.4. The molecule has 1 N–H and O–H groups in total. The first-order chi connectivity index (χ1) is 11.0. The van der Waals surface area contributed by atoms with Crippen LogP contribution in [0.2, 0.25) is 0 Å². The molecule has 4 aromatic rings. The van der Waals surface area contributed by atoms with E-state index in [1.807, 2.05) is 0 Å². The second-order valence-electron chi connectivity index (χ2n) is 4.97. The number of fused-ring (bicyclic) bond motifs is 2. The molecule has 3 heterocycles. The molecule has 0 unspecified atom stereocenters. The van der Waals surface area contributed by atoms with E-state index in [4.69, 9.17) is 0 Å². The topological polar surface area (TPSA) is 67.3 Å². The minimum Gasteiger partial charge on any atom is -0.278 e. The van der Waals surface area contributed by atoms with Gasteiger partial charge in [0, 0.05) is 28.7 Å². The lowest BCUT2D eigenvalue weighted by atomic mass is 9.99. The number of hydrogen-bond acceptors (Lipinski definition) is 4. The zero-order valence-electron chi connectivity index (χ0n) is 11.5. The molecule has 4 rings (SSSR count). The van der Waals surface area contributed by atoms with Gasteiger partial charge in [0.25, 0.3) is 0 Å². The van der Waals surface area contributed by atoms with E-state index in [0.717, 1.165) is 6.07 Å². The molecular formula is C15H8F3N5. The minimum absolute atomic E-state index is 0.00994. The molecule has 0 aliphatic rings. The minimum atomic E-state index is -4.50. The third-order valence-corrected chi connectivity index (χ3v) is 3.57. The van der Waals surface area contributed by atoms with Gasteiger partial charge in [-0.3, -0.25) is 10.1 Å². The van der Waals surface area contributed by atoms with Crippen LogP contribution in [0.4, 0.5) is 13.2 Å². The second-order valence-corrected chi connectivity index (χ2v) is 4.97. The van der Waals surface area contributed by atoms with Gasteiger partial charge in [0.05, 0.1) is 28.5 Å². The van der Waals surface area contributed by atoms with Gasteiger partial charge in [-0.2, -0.15) is 18.3 Å². The van der Waals surface area contributed by atoms with Gasteiger partial charge in [-0.15, -0.1) is 0 Å². The number of nitrogens with zero attached hydrogens (tertiary/aromatic N) is 4. The fourth-order valence-electron chi connectivity index (χ4n) is 2.54. The monoisotopic (exact) mass is 315 g/mol. The van der Waals surface area contributed by atoms with Crippen LogP contribution in [0.15, 0.2) is 43.1 Å². The third kappa shape index (κ3) is 2.19. The predicted octanol–water partition coefficient (Wildman–Crippen LogP) is 3.59. The molecule has 0 bridgehead atoms. The van der Waals surface area contributed by atoms with Crippen LogP contribution >= 0.6 is 0 Å². The van der Waals surface area contributed by atoms with E-state index in [-0.39, 0.29) is 11.3 Å². The summed E-state index contributed by atoms with van der Waals surface area (Å²) in [7, 11) is 0. The molecule has 0 spiro atoms. The van der Waals surface area contributed by atoms with E-state index in [2.05, 4.69) is 25.1 Å². The van der Waals surface area contributed by atoms with Crippen LogP contribution in [0.3, 0.4) is 0 Å². The first-order valence-corrected chi connectivity index (χ1v) is 6.63. The molecule has 0 saturated heterocycles. The van der Waals surface area contributed by atoms with E-state index in [0.29, 0.717) is 21.8 Å². The van der Waals surface area contributed by atoms with Crippen LogP contribution < -0.4 is 0 Å². The molecule has 3 aromatic heterocycles. The van der Waals surface area contributed by atoms with Crippen LogP contribution in [-0.2, 0) is 6.18 Å².